The van der Waals surface area contributed by atoms with E-state index in [-0.39, 0.29) is 12.2 Å². The van der Waals surface area contributed by atoms with Gasteiger partial charge in [0.1, 0.15) is 0 Å². The standard InChI is InChI=1S/C13H28NO3P/c1-11(2)16-18(17-12(3)4)15-10-13-8-6-7-9-14(13)5/h11-13H,6-10H2,1-5H3. The van der Waals surface area contributed by atoms with Gasteiger partial charge < -0.3 is 18.5 Å². The van der Waals surface area contributed by atoms with Crippen LogP contribution in [0.2, 0.25) is 0 Å². The van der Waals surface area contributed by atoms with Gasteiger partial charge in [-0.05, 0) is 54.1 Å². The molecule has 0 N–H and O–H groups in total. The first-order valence-electron chi connectivity index (χ1n) is 6.96. The number of hydrogen-bond acceptors (Lipinski definition) is 4. The van der Waals surface area contributed by atoms with Crippen LogP contribution in [0.1, 0.15) is 47.0 Å². The molecule has 1 rings (SSSR count). The molecule has 0 radical (unpaired) electrons. The Morgan fingerprint density at radius 3 is 2.22 bits per heavy atom. The zero-order chi connectivity index (χ0) is 13.5. The van der Waals surface area contributed by atoms with Crippen LogP contribution in [0.25, 0.3) is 0 Å². The number of nitrogens with zero attached hydrogens (tertiary/aromatic N) is 1. The fourth-order valence-electron chi connectivity index (χ4n) is 1.93. The van der Waals surface area contributed by atoms with Crippen LogP contribution in [-0.4, -0.2) is 43.3 Å². The minimum Gasteiger partial charge on any atom is -0.311 e. The molecule has 1 fully saturated rings. The molecule has 0 amide bonds. The summed E-state index contributed by atoms with van der Waals surface area (Å²) in [5.74, 6) is 0. The summed E-state index contributed by atoms with van der Waals surface area (Å²) in [6, 6.07) is 0.510. The molecular weight excluding hydrogens is 249 g/mol. The number of rotatable bonds is 7. The Hall–Kier alpha value is 0.270. The molecule has 0 spiro atoms. The number of piperidine rings is 1. The van der Waals surface area contributed by atoms with E-state index in [9.17, 15) is 0 Å². The van der Waals surface area contributed by atoms with Crippen molar-refractivity contribution in [2.75, 3.05) is 20.2 Å². The molecular formula is C13H28NO3P. The molecule has 5 heteroatoms. The summed E-state index contributed by atoms with van der Waals surface area (Å²) in [6.45, 7) is 9.91. The van der Waals surface area contributed by atoms with Crippen LogP contribution in [0.3, 0.4) is 0 Å². The monoisotopic (exact) mass is 277 g/mol. The Labute approximate surface area is 113 Å². The summed E-state index contributed by atoms with van der Waals surface area (Å²) in [7, 11) is 0.959. The van der Waals surface area contributed by atoms with Gasteiger partial charge in [0, 0.05) is 6.04 Å². The van der Waals surface area contributed by atoms with Crippen LogP contribution in [-0.2, 0) is 13.6 Å². The molecule has 0 bridgehead atoms. The second kappa shape index (κ2) is 8.44. The molecule has 0 saturated carbocycles. The van der Waals surface area contributed by atoms with E-state index in [0.717, 1.165) is 0 Å². The van der Waals surface area contributed by atoms with Gasteiger partial charge in [-0.1, -0.05) is 6.42 Å². The summed E-state index contributed by atoms with van der Waals surface area (Å²) in [5.41, 5.74) is 0. The Bertz CT molecular complexity index is 216. The van der Waals surface area contributed by atoms with E-state index >= 15 is 0 Å². The quantitative estimate of drug-likeness (QED) is 0.666. The molecule has 18 heavy (non-hydrogen) atoms. The first-order valence-corrected chi connectivity index (χ1v) is 8.05. The van der Waals surface area contributed by atoms with Crippen molar-refractivity contribution in [3.63, 3.8) is 0 Å². The Kier molecular flexibility index (Phi) is 7.66. The molecule has 1 heterocycles. The maximum absolute atomic E-state index is 5.85. The van der Waals surface area contributed by atoms with Gasteiger partial charge in [-0.3, -0.25) is 0 Å². The SMILES string of the molecule is CC(C)OP(OCC1CCCCN1C)OC(C)C. The van der Waals surface area contributed by atoms with Crippen LogP contribution >= 0.6 is 8.60 Å². The van der Waals surface area contributed by atoms with Crippen molar-refractivity contribution in [2.24, 2.45) is 0 Å². The third-order valence-electron chi connectivity index (χ3n) is 2.89. The van der Waals surface area contributed by atoms with Gasteiger partial charge in [-0.25, -0.2) is 0 Å². The highest BCUT2D eigenvalue weighted by Crippen LogP contribution is 2.42. The third kappa shape index (κ3) is 6.44. The lowest BCUT2D eigenvalue weighted by atomic mass is 10.0. The average molecular weight is 277 g/mol. The molecule has 4 nitrogen and oxygen atoms in total. The molecule has 0 aromatic rings. The second-order valence-electron chi connectivity index (χ2n) is 5.46. The van der Waals surface area contributed by atoms with Crippen molar-refractivity contribution >= 4 is 8.60 Å². The number of likely N-dealkylation sites (tertiary alicyclic amines) is 1. The molecule has 1 aliphatic rings. The molecule has 108 valence electrons. The van der Waals surface area contributed by atoms with Crippen molar-refractivity contribution in [3.8, 4) is 0 Å². The van der Waals surface area contributed by atoms with E-state index in [1.165, 1.54) is 25.8 Å². The Morgan fingerprint density at radius 2 is 1.72 bits per heavy atom. The highest BCUT2D eigenvalue weighted by molar-refractivity contribution is 7.41. The lowest BCUT2D eigenvalue weighted by Gasteiger charge is -2.33. The predicted octanol–water partition coefficient (Wildman–Crippen LogP) is 3.56. The highest BCUT2D eigenvalue weighted by Gasteiger charge is 2.23. The third-order valence-corrected chi connectivity index (χ3v) is 4.44. The van der Waals surface area contributed by atoms with Gasteiger partial charge in [0.15, 0.2) is 0 Å². The van der Waals surface area contributed by atoms with Gasteiger partial charge >= 0.3 is 8.60 Å². The van der Waals surface area contributed by atoms with E-state index < -0.39 is 8.60 Å². The molecule has 0 aromatic carbocycles. The van der Waals surface area contributed by atoms with Crippen LogP contribution in [0, 0.1) is 0 Å². The van der Waals surface area contributed by atoms with E-state index in [4.69, 9.17) is 13.6 Å². The average Bonchev–Trinajstić information content (AvgIpc) is 2.26. The largest absolute Gasteiger partial charge is 0.333 e. The van der Waals surface area contributed by atoms with Crippen molar-refractivity contribution in [3.05, 3.63) is 0 Å². The highest BCUT2D eigenvalue weighted by atomic mass is 31.2. The summed E-state index contributed by atoms with van der Waals surface area (Å²) < 4.78 is 17.2. The lowest BCUT2D eigenvalue weighted by molar-refractivity contribution is 0.0763. The van der Waals surface area contributed by atoms with Crippen molar-refractivity contribution < 1.29 is 13.6 Å². The molecule has 0 aromatic heterocycles. The Morgan fingerprint density at radius 1 is 1.11 bits per heavy atom. The fraction of sp³-hybridized carbons (Fsp3) is 1.00. The maximum Gasteiger partial charge on any atom is 0.333 e. The van der Waals surface area contributed by atoms with Crippen LogP contribution < -0.4 is 0 Å². The summed E-state index contributed by atoms with van der Waals surface area (Å²) in [5, 5.41) is 0. The first-order chi connectivity index (χ1) is 8.49. The van der Waals surface area contributed by atoms with Gasteiger partial charge in [-0.2, -0.15) is 0 Å². The first kappa shape index (κ1) is 16.3. The lowest BCUT2D eigenvalue weighted by Crippen LogP contribution is -2.39. The summed E-state index contributed by atoms with van der Waals surface area (Å²) in [4.78, 5) is 2.38. The van der Waals surface area contributed by atoms with Gasteiger partial charge in [-0.15, -0.1) is 0 Å². The number of hydrogen-bond donors (Lipinski definition) is 0. The van der Waals surface area contributed by atoms with Gasteiger partial charge in [0.2, 0.25) is 0 Å². The van der Waals surface area contributed by atoms with Crippen LogP contribution in [0.5, 0.6) is 0 Å². The van der Waals surface area contributed by atoms with Crippen molar-refractivity contribution in [2.45, 2.75) is 65.2 Å². The normalized spacial score (nSPS) is 22.3. The fourth-order valence-corrected chi connectivity index (χ4v) is 3.09. The predicted molar refractivity (Wildman–Crippen MR) is 75.6 cm³/mol. The van der Waals surface area contributed by atoms with Crippen LogP contribution in [0.15, 0.2) is 0 Å². The molecule has 1 unspecified atom stereocenters. The summed E-state index contributed by atoms with van der Waals surface area (Å²) in [6.07, 6.45) is 4.08. The van der Waals surface area contributed by atoms with E-state index in [1.807, 2.05) is 27.7 Å². The van der Waals surface area contributed by atoms with E-state index in [1.54, 1.807) is 0 Å². The van der Waals surface area contributed by atoms with Crippen molar-refractivity contribution in [1.82, 2.24) is 4.90 Å². The molecule has 1 aliphatic heterocycles. The molecule has 1 saturated heterocycles. The second-order valence-corrected chi connectivity index (χ2v) is 6.58. The van der Waals surface area contributed by atoms with Crippen molar-refractivity contribution in [1.29, 1.82) is 0 Å². The Balaban J connectivity index is 2.35. The van der Waals surface area contributed by atoms with E-state index in [0.29, 0.717) is 12.6 Å². The topological polar surface area (TPSA) is 30.9 Å². The molecule has 1 atom stereocenters. The van der Waals surface area contributed by atoms with E-state index in [2.05, 4.69) is 11.9 Å². The minimum absolute atomic E-state index is 0.138. The van der Waals surface area contributed by atoms with Gasteiger partial charge in [0.05, 0.1) is 18.8 Å². The maximum atomic E-state index is 5.85. The van der Waals surface area contributed by atoms with Gasteiger partial charge in [0.25, 0.3) is 0 Å². The summed E-state index contributed by atoms with van der Waals surface area (Å²) >= 11 is 0. The molecule has 0 aliphatic carbocycles. The minimum atomic E-state index is -1.21. The zero-order valence-corrected chi connectivity index (χ0v) is 13.3. The van der Waals surface area contributed by atoms with Crippen LogP contribution in [0.4, 0.5) is 0 Å². The zero-order valence-electron chi connectivity index (χ0n) is 12.4. The smallest absolute Gasteiger partial charge is 0.311 e. The number of likely N-dealkylation sites (N-methyl/N-ethyl adjacent to an activating group) is 1.